The number of carbonyl (C=O) groups is 2. The van der Waals surface area contributed by atoms with E-state index in [0.717, 1.165) is 31.2 Å². The zero-order valence-electron chi connectivity index (χ0n) is 31.2. The zero-order valence-corrected chi connectivity index (χ0v) is 32.8. The highest BCUT2D eigenvalue weighted by atomic mass is 35.5. The van der Waals surface area contributed by atoms with E-state index in [1.165, 1.54) is 16.8 Å². The molecule has 1 saturated heterocycles. The van der Waals surface area contributed by atoms with Gasteiger partial charge in [-0.2, -0.15) is 13.2 Å². The van der Waals surface area contributed by atoms with Crippen molar-refractivity contribution in [2.24, 2.45) is 17.3 Å². The number of amides is 2. The highest BCUT2D eigenvalue weighted by Gasteiger charge is 2.62. The standard InChI is InChI=1S/C37H49ClF3N7O4S/c1-23(2)26(13-11-24-21-35(6,7)47(22-24)33(50)52-34(3,4)5)42-27-9-8-10-30(43-27)53-46-32(49)25-12-14-28(44-31(25)38)48-19-15-29(45-48)51-20-18-36(16-17-36)37(39,40)41/h8-10,12,14-15,19,23-24,26H,11,13,16-18,20-22H2,1-7H3,(H,42,43)(H,46,49). The molecule has 1 saturated carbocycles. The minimum Gasteiger partial charge on any atom is -0.477 e. The van der Waals surface area contributed by atoms with Gasteiger partial charge in [0.2, 0.25) is 5.88 Å². The molecule has 2 atom stereocenters. The Morgan fingerprint density at radius 1 is 1.09 bits per heavy atom. The van der Waals surface area contributed by atoms with Crippen LogP contribution in [-0.4, -0.2) is 73.2 Å². The van der Waals surface area contributed by atoms with E-state index in [-0.39, 0.29) is 60.1 Å². The van der Waals surface area contributed by atoms with E-state index in [9.17, 15) is 22.8 Å². The molecule has 4 heterocycles. The van der Waals surface area contributed by atoms with Crippen LogP contribution in [0.25, 0.3) is 5.82 Å². The van der Waals surface area contributed by atoms with Gasteiger partial charge in [-0.25, -0.2) is 19.4 Å². The van der Waals surface area contributed by atoms with Crippen LogP contribution in [0.1, 0.15) is 97.3 Å². The second-order valence-corrected chi connectivity index (χ2v) is 17.1. The maximum absolute atomic E-state index is 13.2. The fourth-order valence-corrected chi connectivity index (χ4v) is 7.35. The number of ether oxygens (including phenoxy) is 2. The second-order valence-electron chi connectivity index (χ2n) is 15.9. The summed E-state index contributed by atoms with van der Waals surface area (Å²) in [5, 5.41) is 8.32. The van der Waals surface area contributed by atoms with Gasteiger partial charge in [-0.3, -0.25) is 9.52 Å². The van der Waals surface area contributed by atoms with Crippen LogP contribution >= 0.6 is 23.5 Å². The second kappa shape index (κ2) is 15.9. The number of hydrogen-bond donors (Lipinski definition) is 2. The lowest BCUT2D eigenvalue weighted by molar-refractivity contribution is -0.190. The average molecular weight is 780 g/mol. The van der Waals surface area contributed by atoms with Gasteiger partial charge in [0.1, 0.15) is 21.6 Å². The SMILES string of the molecule is CC(C)C(CCC1CN(C(=O)OC(C)(C)C)C(C)(C)C1)Nc1cccc(SNC(=O)c2ccc(-n3ccc(OCCC4(C(F)(F)F)CC4)n3)nc2Cl)n1. The van der Waals surface area contributed by atoms with Crippen molar-refractivity contribution in [3.8, 4) is 11.7 Å². The molecular weight excluding hydrogens is 731 g/mol. The first-order chi connectivity index (χ1) is 24.7. The van der Waals surface area contributed by atoms with E-state index >= 15 is 0 Å². The van der Waals surface area contributed by atoms with E-state index < -0.39 is 23.1 Å². The molecule has 2 aliphatic rings. The quantitative estimate of drug-likeness (QED) is 0.122. The topological polar surface area (TPSA) is 124 Å². The van der Waals surface area contributed by atoms with Gasteiger partial charge in [-0.1, -0.05) is 31.5 Å². The van der Waals surface area contributed by atoms with Crippen LogP contribution in [0.5, 0.6) is 5.88 Å². The lowest BCUT2D eigenvalue weighted by Gasteiger charge is -2.33. The van der Waals surface area contributed by atoms with Gasteiger partial charge in [0.25, 0.3) is 5.91 Å². The maximum Gasteiger partial charge on any atom is 0.410 e. The van der Waals surface area contributed by atoms with Crippen molar-refractivity contribution in [2.75, 3.05) is 18.5 Å². The van der Waals surface area contributed by atoms with E-state index in [1.54, 1.807) is 18.3 Å². The fraction of sp³-hybridized carbons (Fsp3) is 0.595. The summed E-state index contributed by atoms with van der Waals surface area (Å²) in [6.45, 7) is 14.7. The highest BCUT2D eigenvalue weighted by molar-refractivity contribution is 7.97. The number of alkyl halides is 3. The zero-order chi connectivity index (χ0) is 38.8. The molecule has 0 radical (unpaired) electrons. The molecule has 0 aromatic carbocycles. The Kier molecular flexibility index (Phi) is 12.2. The molecule has 5 rings (SSSR count). The summed E-state index contributed by atoms with van der Waals surface area (Å²) in [6.07, 6.45) is -0.0969. The van der Waals surface area contributed by atoms with Crippen molar-refractivity contribution in [3.63, 3.8) is 0 Å². The number of likely N-dealkylation sites (tertiary alicyclic amines) is 1. The Bertz CT molecular complexity index is 1760. The van der Waals surface area contributed by atoms with E-state index in [1.807, 2.05) is 37.8 Å². The lowest BCUT2D eigenvalue weighted by Crippen LogP contribution is -2.45. The minimum atomic E-state index is -4.23. The summed E-state index contributed by atoms with van der Waals surface area (Å²) in [5.41, 5.74) is -2.33. The molecule has 2 amide bonds. The fourth-order valence-electron chi connectivity index (χ4n) is 6.51. The van der Waals surface area contributed by atoms with Crippen LogP contribution in [0.3, 0.4) is 0 Å². The van der Waals surface area contributed by atoms with Gasteiger partial charge < -0.3 is 19.7 Å². The normalized spacial score (nSPS) is 18.5. The van der Waals surface area contributed by atoms with Gasteiger partial charge >= 0.3 is 12.3 Å². The van der Waals surface area contributed by atoms with Gasteiger partial charge in [0.15, 0.2) is 5.82 Å². The first kappa shape index (κ1) is 40.5. The van der Waals surface area contributed by atoms with Crippen LogP contribution in [-0.2, 0) is 4.74 Å². The summed E-state index contributed by atoms with van der Waals surface area (Å²) < 4.78 is 54.8. The van der Waals surface area contributed by atoms with Crippen LogP contribution in [0, 0.1) is 17.3 Å². The first-order valence-corrected chi connectivity index (χ1v) is 19.1. The monoisotopic (exact) mass is 779 g/mol. The van der Waals surface area contributed by atoms with Gasteiger partial charge in [-0.15, -0.1) is 5.10 Å². The van der Waals surface area contributed by atoms with Gasteiger partial charge in [-0.05, 0) is 109 Å². The molecule has 0 bridgehead atoms. The Morgan fingerprint density at radius 3 is 2.47 bits per heavy atom. The molecule has 3 aromatic heterocycles. The third-order valence-electron chi connectivity index (χ3n) is 9.73. The smallest absolute Gasteiger partial charge is 0.410 e. The summed E-state index contributed by atoms with van der Waals surface area (Å²) in [4.78, 5) is 36.8. The van der Waals surface area contributed by atoms with Crippen LogP contribution in [0.2, 0.25) is 5.15 Å². The van der Waals surface area contributed by atoms with Crippen molar-refractivity contribution in [1.82, 2.24) is 29.4 Å². The van der Waals surface area contributed by atoms with Gasteiger partial charge in [0, 0.05) is 42.3 Å². The summed E-state index contributed by atoms with van der Waals surface area (Å²) >= 11 is 7.44. The molecule has 16 heteroatoms. The van der Waals surface area contributed by atoms with E-state index in [2.05, 4.69) is 47.8 Å². The number of nitrogens with one attached hydrogen (secondary N) is 2. The number of halogens is 4. The van der Waals surface area contributed by atoms with Crippen molar-refractivity contribution in [1.29, 1.82) is 0 Å². The van der Waals surface area contributed by atoms with E-state index in [4.69, 9.17) is 26.1 Å². The van der Waals surface area contributed by atoms with Crippen molar-refractivity contribution in [3.05, 3.63) is 53.3 Å². The number of carbonyl (C=O) groups excluding carboxylic acids is 2. The number of hydrogen-bond acceptors (Lipinski definition) is 9. The molecule has 3 aromatic rings. The lowest BCUT2D eigenvalue weighted by atomic mass is 9.89. The largest absolute Gasteiger partial charge is 0.477 e. The summed E-state index contributed by atoms with van der Waals surface area (Å²) in [7, 11) is 0. The van der Waals surface area contributed by atoms with Crippen LogP contribution < -0.4 is 14.8 Å². The third-order valence-corrected chi connectivity index (χ3v) is 10.7. The van der Waals surface area contributed by atoms with Crippen molar-refractivity contribution >= 4 is 41.4 Å². The Hall–Kier alpha value is -3.72. The minimum absolute atomic E-state index is 0.0533. The predicted octanol–water partition coefficient (Wildman–Crippen LogP) is 9.12. The van der Waals surface area contributed by atoms with Gasteiger partial charge in [0.05, 0.1) is 17.6 Å². The van der Waals surface area contributed by atoms with Crippen LogP contribution in [0.15, 0.2) is 47.6 Å². The Labute approximate surface area is 318 Å². The number of rotatable bonds is 14. The molecule has 0 spiro atoms. The number of nitrogens with zero attached hydrogens (tertiary/aromatic N) is 5. The van der Waals surface area contributed by atoms with Crippen LogP contribution in [0.4, 0.5) is 23.8 Å². The molecule has 1 aliphatic heterocycles. The Morgan fingerprint density at radius 2 is 1.83 bits per heavy atom. The van der Waals surface area contributed by atoms with Crippen molar-refractivity contribution in [2.45, 2.75) is 115 Å². The molecule has 2 fully saturated rings. The van der Waals surface area contributed by atoms with E-state index in [0.29, 0.717) is 35.0 Å². The summed E-state index contributed by atoms with van der Waals surface area (Å²) in [5.74, 6) is 1.35. The van der Waals surface area contributed by atoms with Crippen molar-refractivity contribution < 1.29 is 32.2 Å². The molecule has 290 valence electrons. The molecular formula is C37H49ClF3N7O4S. The molecule has 53 heavy (non-hydrogen) atoms. The number of pyridine rings is 2. The number of aromatic nitrogens is 4. The predicted molar refractivity (Wildman–Crippen MR) is 198 cm³/mol. The number of anilines is 1. The Balaban J connectivity index is 1.11. The third kappa shape index (κ3) is 10.5. The molecule has 2 N–H and O–H groups in total. The highest BCUT2D eigenvalue weighted by Crippen LogP contribution is 2.59. The molecule has 1 aliphatic carbocycles. The first-order valence-electron chi connectivity index (χ1n) is 17.9. The molecule has 2 unspecified atom stereocenters. The molecule has 11 nitrogen and oxygen atoms in total. The summed E-state index contributed by atoms with van der Waals surface area (Å²) in [6, 6.07) is 10.3. The average Bonchev–Trinajstić information content (AvgIpc) is 3.60. The maximum atomic E-state index is 13.2.